The highest BCUT2D eigenvalue weighted by molar-refractivity contribution is 5.99. The van der Waals surface area contributed by atoms with Crippen LogP contribution in [0.3, 0.4) is 0 Å². The van der Waals surface area contributed by atoms with E-state index in [1.54, 1.807) is 11.0 Å². The molecule has 25 heavy (non-hydrogen) atoms. The summed E-state index contributed by atoms with van der Waals surface area (Å²) < 4.78 is 5.15. The highest BCUT2D eigenvalue weighted by Gasteiger charge is 2.26. The summed E-state index contributed by atoms with van der Waals surface area (Å²) in [6.07, 6.45) is 1.11. The second-order valence-electron chi connectivity index (χ2n) is 7.04. The van der Waals surface area contributed by atoms with Crippen molar-refractivity contribution in [2.45, 2.75) is 20.3 Å². The molecule has 132 valence electrons. The van der Waals surface area contributed by atoms with E-state index in [2.05, 4.69) is 13.8 Å². The number of likely N-dealkylation sites (tertiary alicyclic amines) is 1. The summed E-state index contributed by atoms with van der Waals surface area (Å²) in [5, 5.41) is 11.7. The lowest BCUT2D eigenvalue weighted by molar-refractivity contribution is -0.137. The molecule has 2 aromatic carbocycles. The van der Waals surface area contributed by atoms with Crippen LogP contribution in [0.25, 0.3) is 10.8 Å². The smallest absolute Gasteiger partial charge is 0.342 e. The molecular weight excluding hydrogens is 318 g/mol. The number of carbonyl (C=O) groups excluding carboxylic acids is 2. The molecule has 2 atom stereocenters. The summed E-state index contributed by atoms with van der Waals surface area (Å²) >= 11 is 0. The molecule has 1 aliphatic rings. The zero-order valence-corrected chi connectivity index (χ0v) is 14.6. The van der Waals surface area contributed by atoms with Crippen LogP contribution in [0.4, 0.5) is 0 Å². The molecule has 1 fully saturated rings. The molecule has 2 aromatic rings. The third-order valence-electron chi connectivity index (χ3n) is 4.63. The standard InChI is InChI=1S/C20H23NO4/c1-13-7-14(2)11-21(10-13)19(23)12-25-20(24)17-8-15-5-3-4-6-16(15)9-18(17)22/h3-6,8-9,13-14,22H,7,10-12H2,1-2H3/t13-,14+. The average molecular weight is 341 g/mol. The number of ether oxygens (including phenoxy) is 1. The van der Waals surface area contributed by atoms with Crippen molar-refractivity contribution in [3.05, 3.63) is 42.0 Å². The minimum Gasteiger partial charge on any atom is -0.507 e. The Bertz CT molecular complexity index is 791. The molecule has 1 aliphatic heterocycles. The molecular formula is C20H23NO4. The maximum Gasteiger partial charge on any atom is 0.342 e. The topological polar surface area (TPSA) is 66.8 Å². The lowest BCUT2D eigenvalue weighted by Gasteiger charge is -2.34. The summed E-state index contributed by atoms with van der Waals surface area (Å²) in [6.45, 7) is 5.33. The van der Waals surface area contributed by atoms with Gasteiger partial charge in [0.05, 0.1) is 0 Å². The first-order valence-electron chi connectivity index (χ1n) is 8.60. The van der Waals surface area contributed by atoms with E-state index in [1.165, 1.54) is 6.07 Å². The van der Waals surface area contributed by atoms with E-state index in [0.717, 1.165) is 17.2 Å². The Balaban J connectivity index is 1.66. The van der Waals surface area contributed by atoms with Crippen molar-refractivity contribution < 1.29 is 19.4 Å². The Kier molecular flexibility index (Phi) is 4.93. The molecule has 0 bridgehead atoms. The number of carbonyl (C=O) groups is 2. The number of phenolic OH excluding ortho intramolecular Hbond substituents is 1. The third kappa shape index (κ3) is 3.92. The van der Waals surface area contributed by atoms with Gasteiger partial charge < -0.3 is 14.7 Å². The van der Waals surface area contributed by atoms with Gasteiger partial charge in [0, 0.05) is 13.1 Å². The van der Waals surface area contributed by atoms with Crippen molar-refractivity contribution in [1.82, 2.24) is 4.90 Å². The Morgan fingerprint density at radius 3 is 2.36 bits per heavy atom. The van der Waals surface area contributed by atoms with Gasteiger partial charge in [0.15, 0.2) is 6.61 Å². The largest absolute Gasteiger partial charge is 0.507 e. The second-order valence-corrected chi connectivity index (χ2v) is 7.04. The van der Waals surface area contributed by atoms with Crippen molar-refractivity contribution in [2.75, 3.05) is 19.7 Å². The Labute approximate surface area is 147 Å². The van der Waals surface area contributed by atoms with Gasteiger partial charge in [0.25, 0.3) is 5.91 Å². The second kappa shape index (κ2) is 7.13. The van der Waals surface area contributed by atoms with E-state index in [9.17, 15) is 14.7 Å². The molecule has 0 unspecified atom stereocenters. The number of phenols is 1. The number of hydrogen-bond donors (Lipinski definition) is 1. The summed E-state index contributed by atoms with van der Waals surface area (Å²) in [5.41, 5.74) is 0.0758. The average Bonchev–Trinajstić information content (AvgIpc) is 2.57. The molecule has 1 amide bonds. The van der Waals surface area contributed by atoms with Gasteiger partial charge in [0.1, 0.15) is 11.3 Å². The predicted molar refractivity (Wildman–Crippen MR) is 95.4 cm³/mol. The van der Waals surface area contributed by atoms with Crippen LogP contribution >= 0.6 is 0 Å². The van der Waals surface area contributed by atoms with Crippen LogP contribution in [0.15, 0.2) is 36.4 Å². The van der Waals surface area contributed by atoms with Crippen LogP contribution in [0.2, 0.25) is 0 Å². The van der Waals surface area contributed by atoms with Gasteiger partial charge in [-0.1, -0.05) is 38.1 Å². The third-order valence-corrected chi connectivity index (χ3v) is 4.63. The lowest BCUT2D eigenvalue weighted by atomic mass is 9.92. The van der Waals surface area contributed by atoms with E-state index in [1.807, 2.05) is 24.3 Å². The molecule has 1 N–H and O–H groups in total. The number of hydrogen-bond acceptors (Lipinski definition) is 4. The molecule has 5 heteroatoms. The van der Waals surface area contributed by atoms with Crippen LogP contribution in [0.5, 0.6) is 5.75 Å². The van der Waals surface area contributed by atoms with E-state index in [4.69, 9.17) is 4.74 Å². The Hall–Kier alpha value is -2.56. The molecule has 5 nitrogen and oxygen atoms in total. The highest BCUT2D eigenvalue weighted by Crippen LogP contribution is 2.26. The SMILES string of the molecule is C[C@@H]1C[C@H](C)CN(C(=O)COC(=O)c2cc3ccccc3cc2O)C1. The Morgan fingerprint density at radius 2 is 1.72 bits per heavy atom. The minimum absolute atomic E-state index is 0.0758. The van der Waals surface area contributed by atoms with Gasteiger partial charge in [0.2, 0.25) is 0 Å². The van der Waals surface area contributed by atoms with E-state index >= 15 is 0 Å². The zero-order valence-electron chi connectivity index (χ0n) is 14.6. The minimum atomic E-state index is -0.685. The lowest BCUT2D eigenvalue weighted by Crippen LogP contribution is -2.44. The molecule has 1 heterocycles. The first-order valence-corrected chi connectivity index (χ1v) is 8.60. The monoisotopic (exact) mass is 341 g/mol. The molecule has 0 aromatic heterocycles. The van der Waals surface area contributed by atoms with Crippen molar-refractivity contribution in [3.8, 4) is 5.75 Å². The first kappa shape index (κ1) is 17.3. The zero-order chi connectivity index (χ0) is 18.0. The van der Waals surface area contributed by atoms with Crippen LogP contribution in [0, 0.1) is 11.8 Å². The summed E-state index contributed by atoms with van der Waals surface area (Å²) in [5.74, 6) is -0.112. The fraction of sp³-hybridized carbons (Fsp3) is 0.400. The van der Waals surface area contributed by atoms with Crippen LogP contribution in [-0.2, 0) is 9.53 Å². The van der Waals surface area contributed by atoms with Gasteiger partial charge >= 0.3 is 5.97 Å². The fourth-order valence-corrected chi connectivity index (χ4v) is 3.55. The van der Waals surface area contributed by atoms with Gasteiger partial charge in [-0.25, -0.2) is 4.79 Å². The maximum atomic E-state index is 12.3. The van der Waals surface area contributed by atoms with Crippen LogP contribution < -0.4 is 0 Å². The number of rotatable bonds is 3. The van der Waals surface area contributed by atoms with E-state index < -0.39 is 5.97 Å². The molecule has 0 aliphatic carbocycles. The predicted octanol–water partition coefficient (Wildman–Crippen LogP) is 3.21. The molecule has 0 saturated carbocycles. The molecule has 1 saturated heterocycles. The van der Waals surface area contributed by atoms with Gasteiger partial charge in [-0.15, -0.1) is 0 Å². The van der Waals surface area contributed by atoms with Gasteiger partial charge in [-0.3, -0.25) is 4.79 Å². The summed E-state index contributed by atoms with van der Waals surface area (Å²) in [7, 11) is 0. The normalized spacial score (nSPS) is 20.5. The number of benzene rings is 2. The highest BCUT2D eigenvalue weighted by atomic mass is 16.5. The van der Waals surface area contributed by atoms with Crippen LogP contribution in [-0.4, -0.2) is 41.6 Å². The van der Waals surface area contributed by atoms with Crippen molar-refractivity contribution in [1.29, 1.82) is 0 Å². The van der Waals surface area contributed by atoms with Crippen molar-refractivity contribution in [3.63, 3.8) is 0 Å². The van der Waals surface area contributed by atoms with E-state index in [0.29, 0.717) is 24.9 Å². The van der Waals surface area contributed by atoms with Gasteiger partial charge in [-0.2, -0.15) is 0 Å². The number of nitrogens with zero attached hydrogens (tertiary/aromatic N) is 1. The fourth-order valence-electron chi connectivity index (χ4n) is 3.55. The molecule has 0 radical (unpaired) electrons. The van der Waals surface area contributed by atoms with E-state index in [-0.39, 0.29) is 23.8 Å². The quantitative estimate of drug-likeness (QED) is 0.871. The first-order chi connectivity index (χ1) is 11.9. The molecule has 0 spiro atoms. The maximum absolute atomic E-state index is 12.3. The van der Waals surface area contributed by atoms with Crippen LogP contribution in [0.1, 0.15) is 30.6 Å². The van der Waals surface area contributed by atoms with Gasteiger partial charge in [-0.05, 0) is 41.2 Å². The van der Waals surface area contributed by atoms with Crippen molar-refractivity contribution in [2.24, 2.45) is 11.8 Å². The number of piperidine rings is 1. The number of aromatic hydroxyl groups is 1. The number of esters is 1. The van der Waals surface area contributed by atoms with Crippen molar-refractivity contribution >= 4 is 22.6 Å². The number of fused-ring (bicyclic) bond motifs is 1. The Morgan fingerprint density at radius 1 is 1.12 bits per heavy atom. The summed E-state index contributed by atoms with van der Waals surface area (Å²) in [4.78, 5) is 26.3. The summed E-state index contributed by atoms with van der Waals surface area (Å²) in [6, 6.07) is 10.5. The number of amides is 1. The molecule has 3 rings (SSSR count).